The van der Waals surface area contributed by atoms with Gasteiger partial charge in [0.15, 0.2) is 0 Å². The number of likely N-dealkylation sites (tertiary alicyclic amines) is 1. The summed E-state index contributed by atoms with van der Waals surface area (Å²) < 4.78 is 11.2. The molecule has 2 fully saturated rings. The van der Waals surface area contributed by atoms with Crippen LogP contribution in [0.25, 0.3) is 5.76 Å². The van der Waals surface area contributed by atoms with E-state index < -0.39 is 17.7 Å². The van der Waals surface area contributed by atoms with Crippen LogP contribution in [0.5, 0.6) is 5.75 Å². The zero-order chi connectivity index (χ0) is 26.7. The largest absolute Gasteiger partial charge is 0.507 e. The molecule has 0 saturated carbocycles. The third kappa shape index (κ3) is 6.12. The lowest BCUT2D eigenvalue weighted by molar-refractivity contribution is -0.140. The van der Waals surface area contributed by atoms with Crippen LogP contribution >= 0.6 is 23.2 Å². The molecule has 37 heavy (non-hydrogen) atoms. The number of halogens is 2. The Balaban J connectivity index is 1.70. The molecule has 0 aliphatic carbocycles. The summed E-state index contributed by atoms with van der Waals surface area (Å²) in [6, 6.07) is 9.44. The van der Waals surface area contributed by atoms with Gasteiger partial charge < -0.3 is 19.5 Å². The van der Waals surface area contributed by atoms with Crippen LogP contribution in [0.3, 0.4) is 0 Å². The fourth-order valence-electron chi connectivity index (χ4n) is 4.77. The molecule has 198 valence electrons. The molecule has 0 unspecified atom stereocenters. The van der Waals surface area contributed by atoms with Crippen LogP contribution < -0.4 is 4.74 Å². The molecule has 0 radical (unpaired) electrons. The summed E-state index contributed by atoms with van der Waals surface area (Å²) in [5, 5.41) is 12.0. The Kier molecular flexibility index (Phi) is 8.80. The fraction of sp³-hybridized carbons (Fsp3) is 0.429. The number of carbonyl (C=O) groups is 2. The van der Waals surface area contributed by atoms with Crippen molar-refractivity contribution in [1.82, 2.24) is 9.80 Å². The summed E-state index contributed by atoms with van der Waals surface area (Å²) in [4.78, 5) is 30.3. The molecule has 2 aromatic rings. The molecular formula is C28H32Cl2N2O5. The third-order valence-corrected chi connectivity index (χ3v) is 7.33. The number of Topliss-reactive ketones (excluding diaryl/α,β-unsaturated/α-hetero) is 1. The van der Waals surface area contributed by atoms with E-state index in [9.17, 15) is 14.7 Å². The number of ether oxygens (including phenoxy) is 2. The Labute approximate surface area is 227 Å². The second-order valence-electron chi connectivity index (χ2n) is 9.62. The van der Waals surface area contributed by atoms with Gasteiger partial charge in [0.2, 0.25) is 0 Å². The molecule has 9 heteroatoms. The SMILES string of the molecule is Cc1cc(C(O)=C2C(=O)C(=O)N(CCCN3CCOCC3)[C@H]2c2ccc(Cl)c(Cl)c2)ccc1OC(C)C. The quantitative estimate of drug-likeness (QED) is 0.277. The molecule has 1 N–H and O–H groups in total. The first-order chi connectivity index (χ1) is 17.7. The third-order valence-electron chi connectivity index (χ3n) is 6.59. The molecule has 2 aliphatic heterocycles. The number of ketones is 1. The van der Waals surface area contributed by atoms with E-state index in [0.717, 1.165) is 25.2 Å². The normalized spacial score (nSPS) is 20.2. The molecule has 4 rings (SSSR count). The highest BCUT2D eigenvalue weighted by atomic mass is 35.5. The van der Waals surface area contributed by atoms with Gasteiger partial charge in [0, 0.05) is 31.7 Å². The number of morpholine rings is 1. The molecule has 0 aromatic heterocycles. The minimum atomic E-state index is -0.786. The summed E-state index contributed by atoms with van der Waals surface area (Å²) in [5.41, 5.74) is 1.89. The first-order valence-electron chi connectivity index (χ1n) is 12.5. The van der Waals surface area contributed by atoms with E-state index in [2.05, 4.69) is 4.90 Å². The predicted octanol–water partition coefficient (Wildman–Crippen LogP) is 5.23. The Morgan fingerprint density at radius 1 is 1.08 bits per heavy atom. The van der Waals surface area contributed by atoms with Crippen molar-refractivity contribution in [2.45, 2.75) is 39.3 Å². The maximum atomic E-state index is 13.3. The van der Waals surface area contributed by atoms with Crippen LogP contribution in [0.1, 0.15) is 43.0 Å². The van der Waals surface area contributed by atoms with Gasteiger partial charge in [-0.1, -0.05) is 29.3 Å². The van der Waals surface area contributed by atoms with E-state index in [1.54, 1.807) is 36.4 Å². The van der Waals surface area contributed by atoms with Gasteiger partial charge in [0.1, 0.15) is 11.5 Å². The lowest BCUT2D eigenvalue weighted by atomic mass is 9.94. The van der Waals surface area contributed by atoms with Crippen LogP contribution in [0.15, 0.2) is 42.0 Å². The van der Waals surface area contributed by atoms with Crippen molar-refractivity contribution in [1.29, 1.82) is 0 Å². The zero-order valence-corrected chi connectivity index (χ0v) is 22.8. The van der Waals surface area contributed by atoms with Gasteiger partial charge >= 0.3 is 0 Å². The van der Waals surface area contributed by atoms with Gasteiger partial charge in [-0.3, -0.25) is 14.5 Å². The first-order valence-corrected chi connectivity index (χ1v) is 13.2. The van der Waals surface area contributed by atoms with Gasteiger partial charge in [-0.15, -0.1) is 0 Å². The van der Waals surface area contributed by atoms with Crippen molar-refractivity contribution in [2.75, 3.05) is 39.4 Å². The highest BCUT2D eigenvalue weighted by Gasteiger charge is 2.46. The molecule has 2 saturated heterocycles. The number of aryl methyl sites for hydroxylation is 1. The Morgan fingerprint density at radius 2 is 1.81 bits per heavy atom. The van der Waals surface area contributed by atoms with Gasteiger partial charge in [0.25, 0.3) is 11.7 Å². The maximum absolute atomic E-state index is 13.3. The summed E-state index contributed by atoms with van der Waals surface area (Å²) >= 11 is 12.5. The van der Waals surface area contributed by atoms with Crippen molar-refractivity contribution in [3.63, 3.8) is 0 Å². The summed E-state index contributed by atoms with van der Waals surface area (Å²) in [5.74, 6) is -0.906. The number of hydrogen-bond donors (Lipinski definition) is 1. The molecule has 0 bridgehead atoms. The van der Waals surface area contributed by atoms with Crippen molar-refractivity contribution >= 4 is 40.7 Å². The molecule has 7 nitrogen and oxygen atoms in total. The lowest BCUT2D eigenvalue weighted by Crippen LogP contribution is -2.38. The second-order valence-corrected chi connectivity index (χ2v) is 10.4. The number of hydrogen-bond acceptors (Lipinski definition) is 6. The standard InChI is InChI=1S/C28H32Cl2N2O5/c1-17(2)37-23-8-6-20(15-18(23)3)26(33)24-25(19-5-7-21(29)22(30)16-19)32(28(35)27(24)34)10-4-9-31-11-13-36-14-12-31/h5-8,15-17,25,33H,4,9-14H2,1-3H3/t25-/m0/s1. The Bertz CT molecular complexity index is 1210. The summed E-state index contributed by atoms with van der Waals surface area (Å²) in [6.07, 6.45) is 0.668. The summed E-state index contributed by atoms with van der Waals surface area (Å²) in [6.45, 7) is 9.92. The maximum Gasteiger partial charge on any atom is 0.295 e. The molecule has 2 aromatic carbocycles. The minimum absolute atomic E-state index is 0.00409. The van der Waals surface area contributed by atoms with Crippen molar-refractivity contribution in [3.8, 4) is 5.75 Å². The van der Waals surface area contributed by atoms with E-state index in [0.29, 0.717) is 53.1 Å². The van der Waals surface area contributed by atoms with E-state index in [4.69, 9.17) is 32.7 Å². The van der Waals surface area contributed by atoms with Gasteiger partial charge in [-0.25, -0.2) is 0 Å². The number of aliphatic hydroxyl groups excluding tert-OH is 1. The topological polar surface area (TPSA) is 79.3 Å². The monoisotopic (exact) mass is 546 g/mol. The second kappa shape index (κ2) is 11.9. The molecule has 1 amide bonds. The number of rotatable bonds is 8. The highest BCUT2D eigenvalue weighted by molar-refractivity contribution is 6.46. The van der Waals surface area contributed by atoms with Crippen molar-refractivity contribution in [3.05, 3.63) is 68.7 Å². The zero-order valence-electron chi connectivity index (χ0n) is 21.3. The Morgan fingerprint density at radius 3 is 2.46 bits per heavy atom. The van der Waals surface area contributed by atoms with Crippen LogP contribution in [-0.2, 0) is 14.3 Å². The summed E-state index contributed by atoms with van der Waals surface area (Å²) in [7, 11) is 0. The van der Waals surface area contributed by atoms with E-state index in [1.807, 2.05) is 20.8 Å². The molecule has 1 atom stereocenters. The number of carbonyl (C=O) groups excluding carboxylic acids is 2. The van der Waals surface area contributed by atoms with E-state index in [1.165, 1.54) is 4.90 Å². The molecular weight excluding hydrogens is 515 g/mol. The van der Waals surface area contributed by atoms with Crippen LogP contribution in [-0.4, -0.2) is 72.1 Å². The van der Waals surface area contributed by atoms with Crippen molar-refractivity contribution < 1.29 is 24.2 Å². The number of benzene rings is 2. The van der Waals surface area contributed by atoms with Crippen molar-refractivity contribution in [2.24, 2.45) is 0 Å². The van der Waals surface area contributed by atoms with Crippen LogP contribution in [0, 0.1) is 6.92 Å². The highest BCUT2D eigenvalue weighted by Crippen LogP contribution is 2.41. The Hall–Kier alpha value is -2.58. The fourth-order valence-corrected chi connectivity index (χ4v) is 5.07. The average molecular weight is 547 g/mol. The first kappa shape index (κ1) is 27.5. The molecule has 2 aliphatic rings. The lowest BCUT2D eigenvalue weighted by Gasteiger charge is -2.29. The van der Waals surface area contributed by atoms with E-state index >= 15 is 0 Å². The van der Waals surface area contributed by atoms with Crippen LogP contribution in [0.4, 0.5) is 0 Å². The predicted molar refractivity (Wildman–Crippen MR) is 144 cm³/mol. The smallest absolute Gasteiger partial charge is 0.295 e. The van der Waals surface area contributed by atoms with Gasteiger partial charge in [0.05, 0.1) is 41.0 Å². The number of amides is 1. The average Bonchev–Trinajstić information content (AvgIpc) is 3.12. The minimum Gasteiger partial charge on any atom is -0.507 e. The number of nitrogens with zero attached hydrogens (tertiary/aromatic N) is 2. The van der Waals surface area contributed by atoms with Gasteiger partial charge in [-0.05, 0) is 68.7 Å². The molecule has 0 spiro atoms. The van der Waals surface area contributed by atoms with Crippen LogP contribution in [0.2, 0.25) is 10.0 Å². The number of aliphatic hydroxyl groups is 1. The molecule has 2 heterocycles. The van der Waals surface area contributed by atoms with Gasteiger partial charge in [-0.2, -0.15) is 0 Å². The van der Waals surface area contributed by atoms with E-state index in [-0.39, 0.29) is 17.4 Å².